The number of nitrogens with zero attached hydrogens (tertiary/aromatic N) is 1. The summed E-state index contributed by atoms with van der Waals surface area (Å²) in [4.78, 5) is 2.25. The molecular weight excluding hydrogens is 294 g/mol. The Morgan fingerprint density at radius 2 is 1.74 bits per heavy atom. The van der Waals surface area contributed by atoms with Crippen LogP contribution in [0.15, 0.2) is 12.1 Å². The van der Waals surface area contributed by atoms with Gasteiger partial charge in [-0.25, -0.2) is 0 Å². The van der Waals surface area contributed by atoms with Gasteiger partial charge in [0.05, 0.1) is 32.5 Å². The van der Waals surface area contributed by atoms with Crippen LogP contribution in [0.1, 0.15) is 31.9 Å². The maximum atomic E-state index is 10.2. The first-order valence-corrected chi connectivity index (χ1v) is 8.10. The van der Waals surface area contributed by atoms with Gasteiger partial charge in [0.2, 0.25) is 0 Å². The van der Waals surface area contributed by atoms with Gasteiger partial charge in [-0.2, -0.15) is 0 Å². The van der Waals surface area contributed by atoms with Gasteiger partial charge in [0.15, 0.2) is 11.5 Å². The third-order valence-corrected chi connectivity index (χ3v) is 3.97. The van der Waals surface area contributed by atoms with Crippen LogP contribution in [-0.2, 0) is 17.7 Å². The number of ether oxygens (including phenoxy) is 3. The van der Waals surface area contributed by atoms with E-state index >= 15 is 0 Å². The Kier molecular flexibility index (Phi) is 5.89. The molecule has 0 unspecified atom stereocenters. The van der Waals surface area contributed by atoms with Crippen molar-refractivity contribution < 1.29 is 19.3 Å². The fraction of sp³-hybridized carbons (Fsp3) is 0.667. The van der Waals surface area contributed by atoms with Crippen LogP contribution in [-0.4, -0.2) is 55.6 Å². The summed E-state index contributed by atoms with van der Waals surface area (Å²) in [5, 5.41) is 10.2. The van der Waals surface area contributed by atoms with Crippen molar-refractivity contribution in [3.05, 3.63) is 23.3 Å². The highest BCUT2D eigenvalue weighted by Crippen LogP contribution is 2.33. The maximum absolute atomic E-state index is 10.2. The van der Waals surface area contributed by atoms with Crippen molar-refractivity contribution in [1.29, 1.82) is 0 Å². The Bertz CT molecular complexity index is 524. The molecule has 1 aromatic carbocycles. The molecule has 0 fully saturated rings. The number of hydrogen-bond acceptors (Lipinski definition) is 5. The van der Waals surface area contributed by atoms with Crippen molar-refractivity contribution in [2.45, 2.75) is 45.4 Å². The molecule has 5 nitrogen and oxygen atoms in total. The first kappa shape index (κ1) is 18.0. The highest BCUT2D eigenvalue weighted by Gasteiger charge is 2.22. The first-order chi connectivity index (χ1) is 10.8. The number of methoxy groups -OCH3 is 2. The molecular formula is C18H29NO4. The van der Waals surface area contributed by atoms with Crippen LogP contribution >= 0.6 is 0 Å². The van der Waals surface area contributed by atoms with Gasteiger partial charge >= 0.3 is 0 Å². The fourth-order valence-corrected chi connectivity index (χ4v) is 2.79. The Balaban J connectivity index is 1.97. The number of aliphatic hydroxyl groups excluding tert-OH is 1. The highest BCUT2D eigenvalue weighted by molar-refractivity contribution is 5.48. The van der Waals surface area contributed by atoms with Crippen LogP contribution in [0.4, 0.5) is 0 Å². The van der Waals surface area contributed by atoms with E-state index in [0.29, 0.717) is 13.2 Å². The zero-order chi connectivity index (χ0) is 17.0. The monoisotopic (exact) mass is 323 g/mol. The number of aliphatic hydroxyl groups is 1. The van der Waals surface area contributed by atoms with Gasteiger partial charge < -0.3 is 19.3 Å². The quantitative estimate of drug-likeness (QED) is 0.870. The summed E-state index contributed by atoms with van der Waals surface area (Å²) in [6.45, 7) is 8.70. The Hall–Kier alpha value is -1.30. The Labute approximate surface area is 139 Å². The minimum absolute atomic E-state index is 0.223. The number of β-amino-alcohol motifs (C(OH)–C–C–N with tert-alkyl or cyclic N) is 1. The Morgan fingerprint density at radius 3 is 2.30 bits per heavy atom. The van der Waals surface area contributed by atoms with Crippen LogP contribution in [0.25, 0.3) is 0 Å². The zero-order valence-electron chi connectivity index (χ0n) is 14.9. The van der Waals surface area contributed by atoms with Crippen LogP contribution in [0.5, 0.6) is 11.5 Å². The molecule has 2 rings (SSSR count). The van der Waals surface area contributed by atoms with Crippen molar-refractivity contribution in [1.82, 2.24) is 4.90 Å². The fourth-order valence-electron chi connectivity index (χ4n) is 2.79. The normalized spacial score (nSPS) is 16.8. The predicted molar refractivity (Wildman–Crippen MR) is 90.2 cm³/mol. The second-order valence-corrected chi connectivity index (χ2v) is 7.04. The lowest BCUT2D eigenvalue weighted by Gasteiger charge is -2.31. The lowest BCUT2D eigenvalue weighted by Crippen LogP contribution is -2.39. The summed E-state index contributed by atoms with van der Waals surface area (Å²) in [7, 11) is 3.31. The molecule has 1 N–H and O–H groups in total. The molecule has 0 saturated heterocycles. The van der Waals surface area contributed by atoms with Crippen LogP contribution in [0.2, 0.25) is 0 Å². The molecule has 23 heavy (non-hydrogen) atoms. The predicted octanol–water partition coefficient (Wildman–Crippen LogP) is 2.24. The Morgan fingerprint density at radius 1 is 1.13 bits per heavy atom. The van der Waals surface area contributed by atoms with E-state index in [0.717, 1.165) is 31.0 Å². The molecule has 0 aromatic heterocycles. The zero-order valence-corrected chi connectivity index (χ0v) is 14.9. The molecule has 0 bridgehead atoms. The van der Waals surface area contributed by atoms with E-state index in [1.807, 2.05) is 26.8 Å². The van der Waals surface area contributed by atoms with Crippen molar-refractivity contribution in [3.8, 4) is 11.5 Å². The molecule has 1 heterocycles. The minimum Gasteiger partial charge on any atom is -0.493 e. The van der Waals surface area contributed by atoms with E-state index in [9.17, 15) is 5.11 Å². The summed E-state index contributed by atoms with van der Waals surface area (Å²) in [6, 6.07) is 4.10. The van der Waals surface area contributed by atoms with Crippen LogP contribution in [0, 0.1) is 0 Å². The van der Waals surface area contributed by atoms with Crippen LogP contribution < -0.4 is 9.47 Å². The van der Waals surface area contributed by atoms with Crippen molar-refractivity contribution in [2.24, 2.45) is 0 Å². The van der Waals surface area contributed by atoms with E-state index < -0.39 is 6.10 Å². The number of benzene rings is 1. The SMILES string of the molecule is COc1cc2c(cc1OC)CN(C[C@@H](O)COC(C)(C)C)CC2. The molecule has 0 radical (unpaired) electrons. The van der Waals surface area contributed by atoms with Crippen molar-refractivity contribution in [3.63, 3.8) is 0 Å². The van der Waals surface area contributed by atoms with Gasteiger partial charge in [-0.05, 0) is 50.5 Å². The van der Waals surface area contributed by atoms with E-state index in [4.69, 9.17) is 14.2 Å². The molecule has 130 valence electrons. The number of hydrogen-bond donors (Lipinski definition) is 1. The smallest absolute Gasteiger partial charge is 0.161 e. The summed E-state index contributed by atoms with van der Waals surface area (Å²) in [6.07, 6.45) is 0.471. The molecule has 0 amide bonds. The second kappa shape index (κ2) is 7.51. The average molecular weight is 323 g/mol. The largest absolute Gasteiger partial charge is 0.493 e. The highest BCUT2D eigenvalue weighted by atomic mass is 16.5. The molecule has 0 aliphatic carbocycles. The van der Waals surface area contributed by atoms with E-state index in [-0.39, 0.29) is 5.60 Å². The molecule has 5 heteroatoms. The first-order valence-electron chi connectivity index (χ1n) is 8.10. The summed E-state index contributed by atoms with van der Waals surface area (Å²) >= 11 is 0. The van der Waals surface area contributed by atoms with Gasteiger partial charge in [0.25, 0.3) is 0 Å². The van der Waals surface area contributed by atoms with Crippen molar-refractivity contribution in [2.75, 3.05) is 33.9 Å². The minimum atomic E-state index is -0.476. The van der Waals surface area contributed by atoms with Gasteiger partial charge in [-0.15, -0.1) is 0 Å². The lowest BCUT2D eigenvalue weighted by molar-refractivity contribution is -0.0569. The molecule has 1 aliphatic rings. The second-order valence-electron chi connectivity index (χ2n) is 7.04. The molecule has 1 aromatic rings. The van der Waals surface area contributed by atoms with Gasteiger partial charge in [-0.3, -0.25) is 4.90 Å². The maximum Gasteiger partial charge on any atom is 0.161 e. The van der Waals surface area contributed by atoms with E-state index in [1.54, 1.807) is 14.2 Å². The molecule has 1 aliphatic heterocycles. The summed E-state index contributed by atoms with van der Waals surface area (Å²) in [5.41, 5.74) is 2.30. The molecule has 1 atom stereocenters. The summed E-state index contributed by atoms with van der Waals surface area (Å²) in [5.74, 6) is 1.53. The van der Waals surface area contributed by atoms with Crippen LogP contribution in [0.3, 0.4) is 0 Å². The van der Waals surface area contributed by atoms with E-state index in [1.165, 1.54) is 11.1 Å². The topological polar surface area (TPSA) is 51.2 Å². The molecule has 0 spiro atoms. The third kappa shape index (κ3) is 5.09. The summed E-state index contributed by atoms with van der Waals surface area (Å²) < 4.78 is 16.4. The van der Waals surface area contributed by atoms with E-state index in [2.05, 4.69) is 11.0 Å². The molecule has 0 saturated carbocycles. The number of rotatable bonds is 6. The third-order valence-electron chi connectivity index (χ3n) is 3.97. The van der Waals surface area contributed by atoms with Crippen molar-refractivity contribution >= 4 is 0 Å². The van der Waals surface area contributed by atoms with Gasteiger partial charge in [0, 0.05) is 19.6 Å². The number of fused-ring (bicyclic) bond motifs is 1. The lowest BCUT2D eigenvalue weighted by atomic mass is 9.98. The van der Waals surface area contributed by atoms with Gasteiger partial charge in [0.1, 0.15) is 0 Å². The average Bonchev–Trinajstić information content (AvgIpc) is 2.50. The standard InChI is InChI=1S/C18H29NO4/c1-18(2,3)23-12-15(20)11-19-7-6-13-8-16(21-4)17(22-5)9-14(13)10-19/h8-9,15,20H,6-7,10-12H2,1-5H3/t15-/m1/s1. The van der Waals surface area contributed by atoms with Gasteiger partial charge in [-0.1, -0.05) is 0 Å².